The number of benzene rings is 1. The third-order valence-corrected chi connectivity index (χ3v) is 2.66. The zero-order valence-electron chi connectivity index (χ0n) is 8.64. The fourth-order valence-electron chi connectivity index (χ4n) is 1.70. The number of aliphatic hydroxyl groups excluding tert-OH is 2. The van der Waals surface area contributed by atoms with Crippen molar-refractivity contribution in [2.75, 3.05) is 0 Å². The summed E-state index contributed by atoms with van der Waals surface area (Å²) in [6.07, 6.45) is 0.959. The lowest BCUT2D eigenvalue weighted by Gasteiger charge is -2.12. The summed E-state index contributed by atoms with van der Waals surface area (Å²) in [5.74, 6) is 0. The van der Waals surface area contributed by atoms with E-state index in [1.165, 1.54) is 0 Å². The van der Waals surface area contributed by atoms with Crippen molar-refractivity contribution in [1.29, 1.82) is 0 Å². The molecule has 0 aliphatic carbocycles. The van der Waals surface area contributed by atoms with Gasteiger partial charge in [0.1, 0.15) is 0 Å². The Labute approximate surface area is 88.4 Å². The van der Waals surface area contributed by atoms with Gasteiger partial charge in [-0.2, -0.15) is 0 Å². The predicted molar refractivity (Wildman–Crippen MR) is 59.7 cm³/mol. The Balaban J connectivity index is 2.29. The first-order chi connectivity index (χ1) is 7.18. The minimum atomic E-state index is -0.704. The van der Waals surface area contributed by atoms with E-state index >= 15 is 0 Å². The maximum Gasteiger partial charge on any atom is 0.0837 e. The molecule has 2 unspecified atom stereocenters. The number of aromatic nitrogens is 1. The zero-order valence-corrected chi connectivity index (χ0v) is 8.64. The van der Waals surface area contributed by atoms with Crippen LogP contribution in [0.25, 0.3) is 10.9 Å². The van der Waals surface area contributed by atoms with Crippen molar-refractivity contribution < 1.29 is 10.2 Å². The summed E-state index contributed by atoms with van der Waals surface area (Å²) in [5, 5.41) is 19.9. The normalized spacial score (nSPS) is 15.4. The highest BCUT2D eigenvalue weighted by atomic mass is 16.3. The standard InChI is InChI=1S/C12H15NO2/c1-8(14)12(15)6-9-7-13-11-5-3-2-4-10(9)11/h2-5,7-8,12-15H,6H2,1H3. The van der Waals surface area contributed by atoms with Gasteiger partial charge in [0, 0.05) is 23.5 Å². The van der Waals surface area contributed by atoms with E-state index in [1.807, 2.05) is 30.5 Å². The van der Waals surface area contributed by atoms with Crippen LogP contribution in [-0.4, -0.2) is 27.4 Å². The number of rotatable bonds is 3. The first kappa shape index (κ1) is 10.2. The van der Waals surface area contributed by atoms with Gasteiger partial charge >= 0.3 is 0 Å². The van der Waals surface area contributed by atoms with Crippen molar-refractivity contribution >= 4 is 10.9 Å². The van der Waals surface area contributed by atoms with Crippen molar-refractivity contribution in [1.82, 2.24) is 4.98 Å². The van der Waals surface area contributed by atoms with Gasteiger partial charge in [0.05, 0.1) is 12.2 Å². The van der Waals surface area contributed by atoms with Gasteiger partial charge in [0.25, 0.3) is 0 Å². The molecular weight excluding hydrogens is 190 g/mol. The summed E-state index contributed by atoms with van der Waals surface area (Å²) < 4.78 is 0. The monoisotopic (exact) mass is 205 g/mol. The minimum Gasteiger partial charge on any atom is -0.391 e. The maximum atomic E-state index is 9.59. The van der Waals surface area contributed by atoms with Crippen molar-refractivity contribution in [2.45, 2.75) is 25.6 Å². The molecule has 0 saturated carbocycles. The number of hydrogen-bond donors (Lipinski definition) is 3. The van der Waals surface area contributed by atoms with Gasteiger partial charge in [-0.25, -0.2) is 0 Å². The molecule has 3 N–H and O–H groups in total. The first-order valence-corrected chi connectivity index (χ1v) is 5.09. The fraction of sp³-hybridized carbons (Fsp3) is 0.333. The lowest BCUT2D eigenvalue weighted by atomic mass is 10.0. The number of para-hydroxylation sites is 1. The molecule has 0 aliphatic heterocycles. The predicted octanol–water partition coefficient (Wildman–Crippen LogP) is 1.45. The molecule has 3 heteroatoms. The number of aliphatic hydroxyl groups is 2. The summed E-state index contributed by atoms with van der Waals surface area (Å²) in [7, 11) is 0. The molecule has 80 valence electrons. The molecule has 0 radical (unpaired) electrons. The third kappa shape index (κ3) is 2.03. The van der Waals surface area contributed by atoms with Gasteiger partial charge in [0.15, 0.2) is 0 Å². The second-order valence-corrected chi connectivity index (χ2v) is 3.87. The Hall–Kier alpha value is -1.32. The number of nitrogens with one attached hydrogen (secondary N) is 1. The number of fused-ring (bicyclic) bond motifs is 1. The van der Waals surface area contributed by atoms with E-state index in [0.717, 1.165) is 16.5 Å². The Morgan fingerprint density at radius 1 is 1.27 bits per heavy atom. The van der Waals surface area contributed by atoms with Gasteiger partial charge in [-0.3, -0.25) is 0 Å². The number of H-pyrrole nitrogens is 1. The lowest BCUT2D eigenvalue weighted by molar-refractivity contribution is 0.0321. The van der Waals surface area contributed by atoms with E-state index in [2.05, 4.69) is 4.98 Å². The Bertz CT molecular complexity index is 448. The van der Waals surface area contributed by atoms with Crippen LogP contribution in [0.4, 0.5) is 0 Å². The van der Waals surface area contributed by atoms with Crippen LogP contribution in [-0.2, 0) is 6.42 Å². The molecule has 0 amide bonds. The highest BCUT2D eigenvalue weighted by Gasteiger charge is 2.13. The molecule has 15 heavy (non-hydrogen) atoms. The van der Waals surface area contributed by atoms with E-state index in [0.29, 0.717) is 6.42 Å². The summed E-state index contributed by atoms with van der Waals surface area (Å²) >= 11 is 0. The first-order valence-electron chi connectivity index (χ1n) is 5.09. The van der Waals surface area contributed by atoms with Gasteiger partial charge in [-0.1, -0.05) is 18.2 Å². The van der Waals surface area contributed by atoms with Crippen LogP contribution in [0, 0.1) is 0 Å². The Morgan fingerprint density at radius 2 is 2.00 bits per heavy atom. The number of hydrogen-bond acceptors (Lipinski definition) is 2. The van der Waals surface area contributed by atoms with E-state index in [-0.39, 0.29) is 0 Å². The molecule has 2 rings (SSSR count). The van der Waals surface area contributed by atoms with Crippen LogP contribution in [0.1, 0.15) is 12.5 Å². The molecule has 0 bridgehead atoms. The van der Waals surface area contributed by atoms with Gasteiger partial charge in [0.2, 0.25) is 0 Å². The molecule has 0 spiro atoms. The molecular formula is C12H15NO2. The lowest BCUT2D eigenvalue weighted by Crippen LogP contribution is -2.24. The molecule has 0 fully saturated rings. The Morgan fingerprint density at radius 3 is 2.73 bits per heavy atom. The summed E-state index contributed by atoms with van der Waals surface area (Å²) in [6.45, 7) is 1.60. The van der Waals surface area contributed by atoms with Crippen LogP contribution in [0.3, 0.4) is 0 Å². The van der Waals surface area contributed by atoms with Gasteiger partial charge in [-0.05, 0) is 18.6 Å². The quantitative estimate of drug-likeness (QED) is 0.710. The summed E-state index contributed by atoms with van der Waals surface area (Å²) in [6, 6.07) is 7.94. The Kier molecular flexibility index (Phi) is 2.75. The molecule has 1 aromatic heterocycles. The highest BCUT2D eigenvalue weighted by Crippen LogP contribution is 2.19. The minimum absolute atomic E-state index is 0.474. The smallest absolute Gasteiger partial charge is 0.0837 e. The van der Waals surface area contributed by atoms with E-state index in [4.69, 9.17) is 0 Å². The van der Waals surface area contributed by atoms with Gasteiger partial charge < -0.3 is 15.2 Å². The van der Waals surface area contributed by atoms with Crippen molar-refractivity contribution in [2.24, 2.45) is 0 Å². The van der Waals surface area contributed by atoms with Crippen molar-refractivity contribution in [3.8, 4) is 0 Å². The van der Waals surface area contributed by atoms with E-state index < -0.39 is 12.2 Å². The SMILES string of the molecule is CC(O)C(O)Cc1c[nH]c2ccccc12. The highest BCUT2D eigenvalue weighted by molar-refractivity contribution is 5.83. The molecule has 0 aliphatic rings. The topological polar surface area (TPSA) is 56.2 Å². The van der Waals surface area contributed by atoms with E-state index in [1.54, 1.807) is 6.92 Å². The number of aromatic amines is 1. The second-order valence-electron chi connectivity index (χ2n) is 3.87. The summed E-state index contributed by atoms with van der Waals surface area (Å²) in [5.41, 5.74) is 2.10. The van der Waals surface area contributed by atoms with Crippen molar-refractivity contribution in [3.05, 3.63) is 36.0 Å². The zero-order chi connectivity index (χ0) is 10.8. The average Bonchev–Trinajstić information content (AvgIpc) is 2.62. The van der Waals surface area contributed by atoms with Crippen LogP contribution >= 0.6 is 0 Å². The molecule has 3 nitrogen and oxygen atoms in total. The fourth-order valence-corrected chi connectivity index (χ4v) is 1.70. The van der Waals surface area contributed by atoms with E-state index in [9.17, 15) is 10.2 Å². The molecule has 2 atom stereocenters. The molecule has 2 aromatic rings. The van der Waals surface area contributed by atoms with Crippen LogP contribution < -0.4 is 0 Å². The summed E-state index contributed by atoms with van der Waals surface area (Å²) in [4.78, 5) is 3.14. The van der Waals surface area contributed by atoms with Crippen molar-refractivity contribution in [3.63, 3.8) is 0 Å². The largest absolute Gasteiger partial charge is 0.391 e. The second kappa shape index (κ2) is 4.04. The van der Waals surface area contributed by atoms with Gasteiger partial charge in [-0.15, -0.1) is 0 Å². The van der Waals surface area contributed by atoms with Crippen LogP contribution in [0.5, 0.6) is 0 Å². The molecule has 0 saturated heterocycles. The van der Waals surface area contributed by atoms with Crippen LogP contribution in [0.2, 0.25) is 0 Å². The van der Waals surface area contributed by atoms with Crippen LogP contribution in [0.15, 0.2) is 30.5 Å². The molecule has 1 heterocycles. The third-order valence-electron chi connectivity index (χ3n) is 2.66. The average molecular weight is 205 g/mol. The molecule has 1 aromatic carbocycles. The maximum absolute atomic E-state index is 9.59.